The van der Waals surface area contributed by atoms with Crippen molar-refractivity contribution in [1.82, 2.24) is 5.32 Å². The predicted molar refractivity (Wildman–Crippen MR) is 79.8 cm³/mol. The maximum absolute atomic E-state index is 12.4. The van der Waals surface area contributed by atoms with Gasteiger partial charge in [-0.25, -0.2) is 0 Å². The van der Waals surface area contributed by atoms with Gasteiger partial charge in [0.15, 0.2) is 5.76 Å². The van der Waals surface area contributed by atoms with Crippen LogP contribution in [0.4, 0.5) is 0 Å². The molecule has 106 valence electrons. The topological polar surface area (TPSA) is 42.2 Å². The molecule has 1 aromatic heterocycles. The van der Waals surface area contributed by atoms with Crippen molar-refractivity contribution in [2.75, 3.05) is 0 Å². The van der Waals surface area contributed by atoms with E-state index in [1.54, 1.807) is 0 Å². The Labute approximate surface area is 119 Å². The Morgan fingerprint density at radius 3 is 2.75 bits per heavy atom. The number of rotatable bonds is 2. The molecule has 1 saturated carbocycles. The Kier molecular flexibility index (Phi) is 3.51. The number of hydrogen-bond donors (Lipinski definition) is 1. The van der Waals surface area contributed by atoms with Gasteiger partial charge in [0.25, 0.3) is 5.91 Å². The van der Waals surface area contributed by atoms with Crippen molar-refractivity contribution in [3.8, 4) is 0 Å². The highest BCUT2D eigenvalue weighted by molar-refractivity contribution is 5.99. The molecule has 20 heavy (non-hydrogen) atoms. The van der Waals surface area contributed by atoms with E-state index in [1.165, 1.54) is 19.3 Å². The Hall–Kier alpha value is -1.77. The Morgan fingerprint density at radius 2 is 2.00 bits per heavy atom. The van der Waals surface area contributed by atoms with Crippen LogP contribution in [0.5, 0.6) is 0 Å². The molecular weight excluding hydrogens is 250 g/mol. The van der Waals surface area contributed by atoms with E-state index in [0.29, 0.717) is 11.7 Å². The molecule has 0 radical (unpaired) electrons. The van der Waals surface area contributed by atoms with E-state index in [1.807, 2.05) is 31.2 Å². The molecule has 3 nitrogen and oxygen atoms in total. The van der Waals surface area contributed by atoms with Gasteiger partial charge in [-0.15, -0.1) is 0 Å². The molecule has 3 rings (SSSR count). The van der Waals surface area contributed by atoms with E-state index in [2.05, 4.69) is 12.2 Å². The SMILES string of the molecule is Cc1c(C(=O)N[C@H]2CCCC[C@H]2C)oc2ccccc12. The summed E-state index contributed by atoms with van der Waals surface area (Å²) in [6, 6.07) is 8.08. The summed E-state index contributed by atoms with van der Waals surface area (Å²) in [6.45, 7) is 4.17. The van der Waals surface area contributed by atoms with Gasteiger partial charge in [-0.2, -0.15) is 0 Å². The van der Waals surface area contributed by atoms with Crippen molar-refractivity contribution in [2.24, 2.45) is 5.92 Å². The fraction of sp³-hybridized carbons (Fsp3) is 0.471. The summed E-state index contributed by atoms with van der Waals surface area (Å²) in [7, 11) is 0. The standard InChI is InChI=1S/C17H21NO2/c1-11-7-3-5-9-14(11)18-17(19)16-12(2)13-8-4-6-10-15(13)20-16/h4,6,8,10-11,14H,3,5,7,9H2,1-2H3,(H,18,19)/t11-,14+/m1/s1. The van der Waals surface area contributed by atoms with Crippen molar-refractivity contribution >= 4 is 16.9 Å². The van der Waals surface area contributed by atoms with Crippen LogP contribution in [0.3, 0.4) is 0 Å². The summed E-state index contributed by atoms with van der Waals surface area (Å²) in [6.07, 6.45) is 4.75. The Bertz CT molecular complexity index is 629. The average molecular weight is 271 g/mol. The van der Waals surface area contributed by atoms with Crippen molar-refractivity contribution in [3.05, 3.63) is 35.6 Å². The molecule has 0 saturated heterocycles. The van der Waals surface area contributed by atoms with Gasteiger partial charge in [-0.3, -0.25) is 4.79 Å². The van der Waals surface area contributed by atoms with Gasteiger partial charge < -0.3 is 9.73 Å². The van der Waals surface area contributed by atoms with Crippen molar-refractivity contribution in [2.45, 2.75) is 45.6 Å². The molecule has 1 aliphatic carbocycles. The van der Waals surface area contributed by atoms with E-state index in [4.69, 9.17) is 4.42 Å². The van der Waals surface area contributed by atoms with Crippen LogP contribution in [0.25, 0.3) is 11.0 Å². The van der Waals surface area contributed by atoms with Gasteiger partial charge in [0.1, 0.15) is 5.58 Å². The number of fused-ring (bicyclic) bond motifs is 1. The predicted octanol–water partition coefficient (Wildman–Crippen LogP) is 4.05. The van der Waals surface area contributed by atoms with Crippen LogP contribution in [-0.4, -0.2) is 11.9 Å². The third kappa shape index (κ3) is 2.33. The van der Waals surface area contributed by atoms with Crippen LogP contribution >= 0.6 is 0 Å². The maximum atomic E-state index is 12.4. The van der Waals surface area contributed by atoms with Crippen molar-refractivity contribution < 1.29 is 9.21 Å². The molecule has 1 fully saturated rings. The second-order valence-electron chi connectivity index (χ2n) is 5.89. The fourth-order valence-corrected chi connectivity index (χ4v) is 3.16. The number of furan rings is 1. The van der Waals surface area contributed by atoms with E-state index in [0.717, 1.165) is 23.0 Å². The summed E-state index contributed by atoms with van der Waals surface area (Å²) < 4.78 is 5.73. The normalized spacial score (nSPS) is 22.9. The fourth-order valence-electron chi connectivity index (χ4n) is 3.16. The van der Waals surface area contributed by atoms with Crippen LogP contribution in [-0.2, 0) is 0 Å². The third-order valence-electron chi connectivity index (χ3n) is 4.48. The number of carbonyl (C=O) groups excluding carboxylic acids is 1. The first-order valence-corrected chi connectivity index (χ1v) is 7.46. The number of benzene rings is 1. The quantitative estimate of drug-likeness (QED) is 0.895. The number of amides is 1. The van der Waals surface area contributed by atoms with E-state index < -0.39 is 0 Å². The molecule has 2 atom stereocenters. The highest BCUT2D eigenvalue weighted by atomic mass is 16.3. The lowest BCUT2D eigenvalue weighted by Gasteiger charge is -2.29. The lowest BCUT2D eigenvalue weighted by molar-refractivity contribution is 0.0883. The minimum absolute atomic E-state index is 0.0718. The smallest absolute Gasteiger partial charge is 0.287 e. The number of para-hydroxylation sites is 1. The van der Waals surface area contributed by atoms with E-state index in [9.17, 15) is 4.79 Å². The summed E-state index contributed by atoms with van der Waals surface area (Å²) in [4.78, 5) is 12.4. The summed E-state index contributed by atoms with van der Waals surface area (Å²) in [5.74, 6) is 0.943. The first-order chi connectivity index (χ1) is 9.66. The summed E-state index contributed by atoms with van der Waals surface area (Å²) in [5.41, 5.74) is 1.72. The molecule has 1 amide bonds. The molecule has 1 aromatic carbocycles. The second-order valence-corrected chi connectivity index (χ2v) is 5.89. The minimum atomic E-state index is -0.0718. The lowest BCUT2D eigenvalue weighted by Crippen LogP contribution is -2.41. The largest absolute Gasteiger partial charge is 0.451 e. The Balaban J connectivity index is 1.83. The number of carbonyl (C=O) groups is 1. The highest BCUT2D eigenvalue weighted by Gasteiger charge is 2.25. The van der Waals surface area contributed by atoms with Gasteiger partial charge in [-0.05, 0) is 31.7 Å². The molecule has 3 heteroatoms. The lowest BCUT2D eigenvalue weighted by atomic mass is 9.86. The minimum Gasteiger partial charge on any atom is -0.451 e. The van der Waals surface area contributed by atoms with Gasteiger partial charge >= 0.3 is 0 Å². The Morgan fingerprint density at radius 1 is 1.25 bits per heavy atom. The zero-order chi connectivity index (χ0) is 14.1. The number of nitrogens with one attached hydrogen (secondary N) is 1. The van der Waals surface area contributed by atoms with E-state index >= 15 is 0 Å². The van der Waals surface area contributed by atoms with Gasteiger partial charge in [0.2, 0.25) is 0 Å². The van der Waals surface area contributed by atoms with Crippen LogP contribution in [0.15, 0.2) is 28.7 Å². The number of aryl methyl sites for hydroxylation is 1. The molecule has 1 aliphatic rings. The zero-order valence-corrected chi connectivity index (χ0v) is 12.1. The first kappa shape index (κ1) is 13.2. The zero-order valence-electron chi connectivity index (χ0n) is 12.1. The molecule has 1 heterocycles. The van der Waals surface area contributed by atoms with E-state index in [-0.39, 0.29) is 11.9 Å². The first-order valence-electron chi connectivity index (χ1n) is 7.46. The average Bonchev–Trinajstić information content (AvgIpc) is 2.79. The molecule has 1 N–H and O–H groups in total. The van der Waals surface area contributed by atoms with Gasteiger partial charge in [-0.1, -0.05) is 38.0 Å². The van der Waals surface area contributed by atoms with Gasteiger partial charge in [0.05, 0.1) is 0 Å². The van der Waals surface area contributed by atoms with Crippen LogP contribution in [0.2, 0.25) is 0 Å². The maximum Gasteiger partial charge on any atom is 0.287 e. The molecule has 0 bridgehead atoms. The third-order valence-corrected chi connectivity index (χ3v) is 4.48. The van der Waals surface area contributed by atoms with Crippen molar-refractivity contribution in [1.29, 1.82) is 0 Å². The second kappa shape index (κ2) is 5.31. The van der Waals surface area contributed by atoms with Gasteiger partial charge in [0, 0.05) is 17.0 Å². The van der Waals surface area contributed by atoms with Crippen LogP contribution in [0.1, 0.15) is 48.7 Å². The molecule has 0 spiro atoms. The molecular formula is C17H21NO2. The molecule has 0 aliphatic heterocycles. The monoisotopic (exact) mass is 271 g/mol. The molecule has 2 aromatic rings. The van der Waals surface area contributed by atoms with Crippen molar-refractivity contribution in [3.63, 3.8) is 0 Å². The highest BCUT2D eigenvalue weighted by Crippen LogP contribution is 2.27. The van der Waals surface area contributed by atoms with Crippen LogP contribution < -0.4 is 5.32 Å². The summed E-state index contributed by atoms with van der Waals surface area (Å²) in [5, 5.41) is 4.18. The molecule has 0 unspecified atom stereocenters. The van der Waals surface area contributed by atoms with Crippen LogP contribution in [0, 0.1) is 12.8 Å². The number of hydrogen-bond acceptors (Lipinski definition) is 2. The summed E-state index contributed by atoms with van der Waals surface area (Å²) >= 11 is 0.